The van der Waals surface area contributed by atoms with Crippen molar-refractivity contribution < 1.29 is 27.4 Å². The molecule has 1 amide bonds. The Morgan fingerprint density at radius 3 is 2.19 bits per heavy atom. The average Bonchev–Trinajstić information content (AvgIpc) is 3.12. The topological polar surface area (TPSA) is 56.6 Å². The molecule has 176 valence electrons. The lowest BCUT2D eigenvalue weighted by Crippen LogP contribution is -2.42. The first-order valence-corrected chi connectivity index (χ1v) is 10.8. The van der Waals surface area contributed by atoms with Crippen molar-refractivity contribution in [3.05, 3.63) is 36.0 Å². The Kier molecular flexibility index (Phi) is 6.76. The van der Waals surface area contributed by atoms with Crippen LogP contribution < -0.4 is 4.74 Å². The summed E-state index contributed by atoms with van der Waals surface area (Å²) in [5.74, 6) is -0.0488. The molecule has 1 aromatic carbocycles. The highest BCUT2D eigenvalue weighted by molar-refractivity contribution is 5.68. The van der Waals surface area contributed by atoms with Gasteiger partial charge in [0.15, 0.2) is 0 Å². The Morgan fingerprint density at radius 1 is 1.09 bits per heavy atom. The second-order valence-electron chi connectivity index (χ2n) is 9.32. The van der Waals surface area contributed by atoms with Crippen LogP contribution in [-0.2, 0) is 4.74 Å². The van der Waals surface area contributed by atoms with Crippen LogP contribution in [0.4, 0.5) is 18.0 Å². The predicted molar refractivity (Wildman–Crippen MR) is 115 cm³/mol. The predicted octanol–water partition coefficient (Wildman–Crippen LogP) is 6.14. The third-order valence-corrected chi connectivity index (χ3v) is 5.20. The summed E-state index contributed by atoms with van der Waals surface area (Å²) in [5, 5.41) is 4.78. The van der Waals surface area contributed by atoms with Crippen molar-refractivity contribution in [1.82, 2.24) is 14.7 Å². The molecule has 3 rings (SSSR count). The Balaban J connectivity index is 1.74. The van der Waals surface area contributed by atoms with E-state index in [-0.39, 0.29) is 23.8 Å². The maximum absolute atomic E-state index is 12.4. The molecule has 0 unspecified atom stereocenters. The van der Waals surface area contributed by atoms with Crippen LogP contribution in [0.15, 0.2) is 30.3 Å². The van der Waals surface area contributed by atoms with Gasteiger partial charge >= 0.3 is 12.5 Å². The van der Waals surface area contributed by atoms with E-state index in [2.05, 4.69) is 18.6 Å². The van der Waals surface area contributed by atoms with Gasteiger partial charge in [0.05, 0.1) is 11.7 Å². The average molecular weight is 454 g/mol. The Morgan fingerprint density at radius 2 is 1.69 bits per heavy atom. The zero-order chi connectivity index (χ0) is 23.7. The highest BCUT2D eigenvalue weighted by Gasteiger charge is 2.31. The van der Waals surface area contributed by atoms with Crippen molar-refractivity contribution in [2.24, 2.45) is 0 Å². The number of carbonyl (C=O) groups excluding carboxylic acids is 1. The molecule has 0 N–H and O–H groups in total. The number of rotatable bonds is 4. The maximum Gasteiger partial charge on any atom is 0.573 e. The van der Waals surface area contributed by atoms with Crippen LogP contribution in [0.5, 0.6) is 5.75 Å². The third kappa shape index (κ3) is 6.17. The summed E-state index contributed by atoms with van der Waals surface area (Å²) >= 11 is 0. The highest BCUT2D eigenvalue weighted by Crippen LogP contribution is 2.32. The van der Waals surface area contributed by atoms with Crippen molar-refractivity contribution in [1.29, 1.82) is 0 Å². The van der Waals surface area contributed by atoms with Crippen LogP contribution in [0.1, 0.15) is 65.1 Å². The van der Waals surface area contributed by atoms with E-state index >= 15 is 0 Å². The SMILES string of the molecule is CC(C)c1cc(-c2ccc(OC(F)(F)F)cc2)nn1C1CCN(C(=O)OC(C)(C)C)CC1. The van der Waals surface area contributed by atoms with Crippen LogP contribution in [-0.4, -0.2) is 45.8 Å². The largest absolute Gasteiger partial charge is 0.573 e. The van der Waals surface area contributed by atoms with Crippen LogP contribution in [0.3, 0.4) is 0 Å². The fourth-order valence-electron chi connectivity index (χ4n) is 3.72. The Hall–Kier alpha value is -2.71. The fraction of sp³-hybridized carbons (Fsp3) is 0.565. The molecule has 1 fully saturated rings. The van der Waals surface area contributed by atoms with Gasteiger partial charge in [-0.1, -0.05) is 13.8 Å². The van der Waals surface area contributed by atoms with E-state index in [1.807, 2.05) is 31.5 Å². The Labute approximate surface area is 186 Å². The van der Waals surface area contributed by atoms with Gasteiger partial charge in [-0.2, -0.15) is 5.10 Å². The quantitative estimate of drug-likeness (QED) is 0.558. The van der Waals surface area contributed by atoms with E-state index in [4.69, 9.17) is 9.84 Å². The highest BCUT2D eigenvalue weighted by atomic mass is 19.4. The van der Waals surface area contributed by atoms with Crippen molar-refractivity contribution in [2.45, 2.75) is 71.4 Å². The molecule has 0 aliphatic carbocycles. The minimum atomic E-state index is -4.72. The van der Waals surface area contributed by atoms with E-state index in [1.54, 1.807) is 17.0 Å². The number of halogens is 3. The van der Waals surface area contributed by atoms with Gasteiger partial charge in [0, 0.05) is 24.3 Å². The molecule has 9 heteroatoms. The number of carbonyl (C=O) groups is 1. The molecule has 1 aliphatic heterocycles. The molecule has 1 saturated heterocycles. The standard InChI is InChI=1S/C23H30F3N3O3/c1-15(2)20-14-19(16-6-8-18(9-7-16)31-23(24,25)26)27-29(20)17-10-12-28(13-11-17)21(30)32-22(3,4)5/h6-9,14-15,17H,10-13H2,1-5H3. The van der Waals surface area contributed by atoms with Gasteiger partial charge in [0.2, 0.25) is 0 Å². The Bertz CT molecular complexity index is 923. The zero-order valence-corrected chi connectivity index (χ0v) is 19.1. The normalized spacial score (nSPS) is 15.8. The second kappa shape index (κ2) is 9.03. The summed E-state index contributed by atoms with van der Waals surface area (Å²) in [6, 6.07) is 7.83. The minimum absolute atomic E-state index is 0.132. The zero-order valence-electron chi connectivity index (χ0n) is 19.1. The van der Waals surface area contributed by atoms with Gasteiger partial charge in [-0.15, -0.1) is 13.2 Å². The number of benzene rings is 1. The summed E-state index contributed by atoms with van der Waals surface area (Å²) in [4.78, 5) is 14.1. The third-order valence-electron chi connectivity index (χ3n) is 5.20. The lowest BCUT2D eigenvalue weighted by atomic mass is 10.0. The van der Waals surface area contributed by atoms with E-state index in [0.29, 0.717) is 24.3 Å². The number of likely N-dealkylation sites (tertiary alicyclic amines) is 1. The van der Waals surface area contributed by atoms with Gasteiger partial charge in [-0.3, -0.25) is 4.68 Å². The number of hydrogen-bond donors (Lipinski definition) is 0. The molecule has 0 saturated carbocycles. The van der Waals surface area contributed by atoms with Gasteiger partial charge in [-0.05, 0) is 69.9 Å². The fourth-order valence-corrected chi connectivity index (χ4v) is 3.72. The van der Waals surface area contributed by atoms with Gasteiger partial charge in [-0.25, -0.2) is 4.79 Å². The number of ether oxygens (including phenoxy) is 2. The number of alkyl halides is 3. The minimum Gasteiger partial charge on any atom is -0.444 e. The van der Waals surface area contributed by atoms with E-state index < -0.39 is 12.0 Å². The van der Waals surface area contributed by atoms with E-state index in [9.17, 15) is 18.0 Å². The van der Waals surface area contributed by atoms with E-state index in [1.165, 1.54) is 12.1 Å². The monoisotopic (exact) mass is 453 g/mol. The van der Waals surface area contributed by atoms with Crippen molar-refractivity contribution >= 4 is 6.09 Å². The first-order valence-electron chi connectivity index (χ1n) is 10.8. The smallest absolute Gasteiger partial charge is 0.444 e. The van der Waals surface area contributed by atoms with Crippen LogP contribution >= 0.6 is 0 Å². The summed E-state index contributed by atoms with van der Waals surface area (Å²) in [6.45, 7) is 10.9. The number of nitrogens with zero attached hydrogens (tertiary/aromatic N) is 3. The number of piperidine rings is 1. The number of hydrogen-bond acceptors (Lipinski definition) is 4. The van der Waals surface area contributed by atoms with Gasteiger partial charge in [0.1, 0.15) is 11.4 Å². The molecule has 1 aliphatic rings. The lowest BCUT2D eigenvalue weighted by molar-refractivity contribution is -0.274. The summed E-state index contributed by atoms with van der Waals surface area (Å²) in [5.41, 5.74) is 1.93. The molecule has 2 aromatic rings. The maximum atomic E-state index is 12.4. The van der Waals surface area contributed by atoms with Gasteiger partial charge < -0.3 is 14.4 Å². The van der Waals surface area contributed by atoms with Gasteiger partial charge in [0.25, 0.3) is 0 Å². The van der Waals surface area contributed by atoms with Crippen molar-refractivity contribution in [3.8, 4) is 17.0 Å². The van der Waals surface area contributed by atoms with Crippen LogP contribution in [0.25, 0.3) is 11.3 Å². The molecule has 1 aromatic heterocycles. The molecular weight excluding hydrogens is 423 g/mol. The first kappa shape index (κ1) is 23.9. The first-order chi connectivity index (χ1) is 14.8. The summed E-state index contributed by atoms with van der Waals surface area (Å²) in [7, 11) is 0. The van der Waals surface area contributed by atoms with Crippen LogP contribution in [0, 0.1) is 0 Å². The molecule has 0 spiro atoms. The molecule has 2 heterocycles. The van der Waals surface area contributed by atoms with Crippen LogP contribution in [0.2, 0.25) is 0 Å². The van der Waals surface area contributed by atoms with Crippen molar-refractivity contribution in [3.63, 3.8) is 0 Å². The second-order valence-corrected chi connectivity index (χ2v) is 9.32. The summed E-state index contributed by atoms with van der Waals surface area (Å²) in [6.07, 6.45) is -3.53. The van der Waals surface area contributed by atoms with Crippen molar-refractivity contribution in [2.75, 3.05) is 13.1 Å². The molecule has 6 nitrogen and oxygen atoms in total. The molecular formula is C23H30F3N3O3. The molecule has 0 atom stereocenters. The molecule has 0 bridgehead atoms. The number of aromatic nitrogens is 2. The lowest BCUT2D eigenvalue weighted by Gasteiger charge is -2.34. The molecule has 32 heavy (non-hydrogen) atoms. The number of amides is 1. The van der Waals surface area contributed by atoms with E-state index in [0.717, 1.165) is 18.5 Å². The summed E-state index contributed by atoms with van der Waals surface area (Å²) < 4.78 is 48.6. The molecule has 0 radical (unpaired) electrons.